The van der Waals surface area contributed by atoms with Crippen molar-refractivity contribution in [1.29, 1.82) is 0 Å². The minimum Gasteiger partial charge on any atom is -0.313 e. The van der Waals surface area contributed by atoms with Gasteiger partial charge in [0.1, 0.15) is 0 Å². The lowest BCUT2D eigenvalue weighted by Crippen LogP contribution is -2.48. The van der Waals surface area contributed by atoms with Crippen molar-refractivity contribution in [2.24, 2.45) is 17.3 Å². The molecule has 2 nitrogen and oxygen atoms in total. The summed E-state index contributed by atoms with van der Waals surface area (Å²) < 4.78 is 13.0. The third kappa shape index (κ3) is 4.79. The Morgan fingerprint density at radius 1 is 1.10 bits per heavy atom. The first-order valence-electron chi connectivity index (χ1n) is 9.02. The monoisotopic (exact) mass is 313 g/mol. The van der Waals surface area contributed by atoms with Crippen LogP contribution in [0.25, 0.3) is 0 Å². The molecule has 2 rings (SSSR count). The van der Waals surface area contributed by atoms with Crippen LogP contribution in [0.3, 0.4) is 0 Å². The molecule has 3 heteroatoms. The van der Waals surface area contributed by atoms with E-state index in [0.717, 1.165) is 30.6 Å². The highest BCUT2D eigenvalue weighted by atomic mass is 32.2. The fourth-order valence-corrected chi connectivity index (χ4v) is 6.33. The van der Waals surface area contributed by atoms with E-state index in [0.29, 0.717) is 16.7 Å². The van der Waals surface area contributed by atoms with Gasteiger partial charge in [0, 0.05) is 22.6 Å². The van der Waals surface area contributed by atoms with Gasteiger partial charge >= 0.3 is 0 Å². The summed E-state index contributed by atoms with van der Waals surface area (Å²) in [6.07, 6.45) is 8.98. The maximum absolute atomic E-state index is 13.0. The Hall–Kier alpha value is 0.110. The number of hydrogen-bond donors (Lipinski definition) is 1. The second-order valence-corrected chi connectivity index (χ2v) is 9.98. The van der Waals surface area contributed by atoms with Crippen LogP contribution in [0.1, 0.15) is 72.6 Å². The molecule has 0 aromatic rings. The predicted octanol–water partition coefficient (Wildman–Crippen LogP) is 4.12. The fraction of sp³-hybridized carbons (Fsp3) is 1.00. The van der Waals surface area contributed by atoms with Gasteiger partial charge in [-0.05, 0) is 55.9 Å². The van der Waals surface area contributed by atoms with Crippen LogP contribution in [0.15, 0.2) is 0 Å². The lowest BCUT2D eigenvalue weighted by Gasteiger charge is -2.42. The molecule has 0 amide bonds. The first kappa shape index (κ1) is 17.5. The van der Waals surface area contributed by atoms with Crippen molar-refractivity contribution in [2.75, 3.05) is 12.3 Å². The molecule has 2 aliphatic carbocycles. The average molecular weight is 314 g/mol. The summed E-state index contributed by atoms with van der Waals surface area (Å²) in [4.78, 5) is 0. The quantitative estimate of drug-likeness (QED) is 0.827. The van der Waals surface area contributed by atoms with E-state index in [-0.39, 0.29) is 0 Å². The van der Waals surface area contributed by atoms with Gasteiger partial charge in [-0.1, -0.05) is 40.5 Å². The Kier molecular flexibility index (Phi) is 6.31. The Morgan fingerprint density at radius 2 is 1.76 bits per heavy atom. The highest BCUT2D eigenvalue weighted by Crippen LogP contribution is 2.40. The summed E-state index contributed by atoms with van der Waals surface area (Å²) in [5.74, 6) is 2.43. The standard InChI is InChI=1S/C18H35NOS/c1-5-19-16-11-10-15(18(2,3)4)12-17(16)21(20)13-14-8-6-7-9-14/h14-17,19H,5-13H2,1-4H3. The molecular weight excluding hydrogens is 278 g/mol. The van der Waals surface area contributed by atoms with Gasteiger partial charge in [0.15, 0.2) is 0 Å². The molecule has 0 heterocycles. The van der Waals surface area contributed by atoms with E-state index in [1.54, 1.807) is 0 Å². The van der Waals surface area contributed by atoms with E-state index >= 15 is 0 Å². The van der Waals surface area contributed by atoms with Crippen LogP contribution in [0, 0.1) is 17.3 Å². The van der Waals surface area contributed by atoms with Crippen molar-refractivity contribution in [2.45, 2.75) is 83.9 Å². The summed E-state index contributed by atoms with van der Waals surface area (Å²) >= 11 is 0. The Balaban J connectivity index is 2.00. The van der Waals surface area contributed by atoms with Crippen molar-refractivity contribution in [3.05, 3.63) is 0 Å². The van der Waals surface area contributed by atoms with Crippen LogP contribution in [-0.2, 0) is 10.8 Å². The summed E-state index contributed by atoms with van der Waals surface area (Å²) in [6.45, 7) is 10.2. The molecule has 2 saturated carbocycles. The maximum atomic E-state index is 13.0. The summed E-state index contributed by atoms with van der Waals surface area (Å²) in [5.41, 5.74) is 0.354. The van der Waals surface area contributed by atoms with E-state index in [4.69, 9.17) is 0 Å². The third-order valence-corrected chi connectivity index (χ3v) is 7.69. The lowest BCUT2D eigenvalue weighted by molar-refractivity contribution is 0.164. The molecule has 21 heavy (non-hydrogen) atoms. The molecular formula is C18H35NOS. The van der Waals surface area contributed by atoms with Gasteiger partial charge in [-0.15, -0.1) is 0 Å². The van der Waals surface area contributed by atoms with Crippen LogP contribution in [0.5, 0.6) is 0 Å². The van der Waals surface area contributed by atoms with E-state index in [2.05, 4.69) is 33.0 Å². The molecule has 0 aliphatic heterocycles. The summed E-state index contributed by atoms with van der Waals surface area (Å²) in [7, 11) is -0.646. The molecule has 0 radical (unpaired) electrons. The van der Waals surface area contributed by atoms with Crippen LogP contribution >= 0.6 is 0 Å². The van der Waals surface area contributed by atoms with Gasteiger partial charge in [-0.25, -0.2) is 0 Å². The Bertz CT molecular complexity index is 344. The van der Waals surface area contributed by atoms with Crippen molar-refractivity contribution >= 4 is 10.8 Å². The van der Waals surface area contributed by atoms with Crippen LogP contribution in [0.4, 0.5) is 0 Å². The minimum atomic E-state index is -0.646. The molecule has 2 aliphatic rings. The summed E-state index contributed by atoms with van der Waals surface area (Å²) in [6, 6.07) is 0.482. The zero-order valence-electron chi connectivity index (χ0n) is 14.5. The van der Waals surface area contributed by atoms with E-state index in [1.165, 1.54) is 38.5 Å². The first-order valence-corrected chi connectivity index (χ1v) is 10.4. The molecule has 0 spiro atoms. The van der Waals surface area contributed by atoms with Gasteiger partial charge in [-0.3, -0.25) is 4.21 Å². The average Bonchev–Trinajstić information content (AvgIpc) is 2.91. The first-order chi connectivity index (χ1) is 9.91. The number of nitrogens with one attached hydrogen (secondary N) is 1. The zero-order valence-corrected chi connectivity index (χ0v) is 15.3. The highest BCUT2D eigenvalue weighted by Gasteiger charge is 2.38. The summed E-state index contributed by atoms with van der Waals surface area (Å²) in [5, 5.41) is 4.00. The molecule has 4 atom stereocenters. The number of hydrogen-bond acceptors (Lipinski definition) is 2. The van der Waals surface area contributed by atoms with Crippen LogP contribution in [0.2, 0.25) is 0 Å². The highest BCUT2D eigenvalue weighted by molar-refractivity contribution is 7.85. The largest absolute Gasteiger partial charge is 0.313 e. The molecule has 0 aromatic carbocycles. The molecule has 0 bridgehead atoms. The van der Waals surface area contributed by atoms with E-state index in [9.17, 15) is 4.21 Å². The van der Waals surface area contributed by atoms with Gasteiger partial charge in [0.2, 0.25) is 0 Å². The Morgan fingerprint density at radius 3 is 2.33 bits per heavy atom. The minimum absolute atomic E-state index is 0.354. The van der Waals surface area contributed by atoms with E-state index in [1.807, 2.05) is 0 Å². The topological polar surface area (TPSA) is 29.1 Å². The maximum Gasteiger partial charge on any atom is 0.0504 e. The van der Waals surface area contributed by atoms with Gasteiger partial charge in [0.05, 0.1) is 5.25 Å². The van der Waals surface area contributed by atoms with Crippen LogP contribution in [-0.4, -0.2) is 27.8 Å². The van der Waals surface area contributed by atoms with Crippen molar-refractivity contribution in [3.63, 3.8) is 0 Å². The van der Waals surface area contributed by atoms with Gasteiger partial charge < -0.3 is 5.32 Å². The Labute approximate surface area is 134 Å². The molecule has 0 saturated heterocycles. The van der Waals surface area contributed by atoms with Crippen molar-refractivity contribution in [3.8, 4) is 0 Å². The van der Waals surface area contributed by atoms with Gasteiger partial charge in [0.25, 0.3) is 0 Å². The third-order valence-electron chi connectivity index (χ3n) is 5.70. The van der Waals surface area contributed by atoms with E-state index < -0.39 is 10.8 Å². The predicted molar refractivity (Wildman–Crippen MR) is 93.0 cm³/mol. The zero-order chi connectivity index (χ0) is 15.5. The smallest absolute Gasteiger partial charge is 0.0504 e. The number of rotatable bonds is 5. The molecule has 124 valence electrons. The molecule has 0 aromatic heterocycles. The van der Waals surface area contributed by atoms with Crippen molar-refractivity contribution < 1.29 is 4.21 Å². The van der Waals surface area contributed by atoms with Gasteiger partial charge in [-0.2, -0.15) is 0 Å². The van der Waals surface area contributed by atoms with Crippen LogP contribution < -0.4 is 5.32 Å². The molecule has 4 unspecified atom stereocenters. The molecule has 1 N–H and O–H groups in total. The SMILES string of the molecule is CCNC1CCC(C(C)(C)C)CC1S(=O)CC1CCCC1. The second-order valence-electron chi connectivity index (χ2n) is 8.28. The molecule has 2 fully saturated rings. The normalized spacial score (nSPS) is 33.2. The fourth-order valence-electron chi connectivity index (χ4n) is 4.23. The lowest BCUT2D eigenvalue weighted by atomic mass is 9.71. The van der Waals surface area contributed by atoms with Crippen molar-refractivity contribution in [1.82, 2.24) is 5.32 Å². The second kappa shape index (κ2) is 7.59.